The number of ether oxygens (including phenoxy) is 2. The third kappa shape index (κ3) is 3.91. The number of imidazole rings is 2. The number of methoxy groups -OCH3 is 1. The van der Waals surface area contributed by atoms with E-state index in [0.717, 1.165) is 0 Å². The van der Waals surface area contributed by atoms with Gasteiger partial charge in [-0.2, -0.15) is 0 Å². The second-order valence-electron chi connectivity index (χ2n) is 7.15. The molecule has 0 aliphatic rings. The van der Waals surface area contributed by atoms with Crippen LogP contribution in [-0.4, -0.2) is 51.5 Å². The lowest BCUT2D eigenvalue weighted by Gasteiger charge is -2.15. The highest BCUT2D eigenvalue weighted by Crippen LogP contribution is 2.34. The zero-order valence-electron chi connectivity index (χ0n) is 17.5. The van der Waals surface area contributed by atoms with Gasteiger partial charge in [-0.1, -0.05) is 0 Å². The Morgan fingerprint density at radius 3 is 2.03 bits per heavy atom. The Bertz CT molecular complexity index is 1410. The molecule has 2 amide bonds. The van der Waals surface area contributed by atoms with Crippen molar-refractivity contribution in [1.29, 1.82) is 0 Å². The molecule has 172 valence electrons. The molecule has 2 heterocycles. The lowest BCUT2D eigenvalue weighted by Crippen LogP contribution is -2.17. The summed E-state index contributed by atoms with van der Waals surface area (Å²) in [6.07, 6.45) is 0.611. The van der Waals surface area contributed by atoms with Crippen LogP contribution in [0.15, 0.2) is 28.7 Å². The van der Waals surface area contributed by atoms with Crippen molar-refractivity contribution in [3.8, 4) is 5.75 Å². The van der Waals surface area contributed by atoms with Gasteiger partial charge >= 0.3 is 0 Å². The Labute approximate surface area is 195 Å². The van der Waals surface area contributed by atoms with Crippen molar-refractivity contribution < 1.29 is 19.1 Å². The molecule has 0 saturated heterocycles. The molecule has 0 atom stereocenters. The Morgan fingerprint density at radius 2 is 1.45 bits per heavy atom. The van der Waals surface area contributed by atoms with Gasteiger partial charge in [0.05, 0.1) is 17.6 Å². The summed E-state index contributed by atoms with van der Waals surface area (Å²) in [6, 6.07) is 6.12. The van der Waals surface area contributed by atoms with E-state index >= 15 is 0 Å². The van der Waals surface area contributed by atoms with E-state index in [1.165, 1.54) is 27.6 Å². The van der Waals surface area contributed by atoms with E-state index in [1.807, 2.05) is 0 Å². The third-order valence-electron chi connectivity index (χ3n) is 4.95. The minimum atomic E-state index is -0.638. The standard InChI is InChI=1S/C20H21BrN8O4/c1-32-3-2-4-33-14-8-10(18(23)31)7-13-16(14)29(20(25)27-13)28-15-11(21)5-9(17(22)30)6-12(15)26-19(28)24/h5-8H,2-4H2,1H3,(H2,22,30)(H2,23,31)(H2,24,26)(H2,25,27). The highest BCUT2D eigenvalue weighted by molar-refractivity contribution is 9.10. The maximum atomic E-state index is 11.9. The number of amides is 2. The molecule has 13 heteroatoms. The minimum absolute atomic E-state index is 0.0604. The number of nitrogen functional groups attached to an aromatic ring is 2. The van der Waals surface area contributed by atoms with Crippen LogP contribution in [-0.2, 0) is 4.74 Å². The van der Waals surface area contributed by atoms with Crippen LogP contribution in [0.2, 0.25) is 0 Å². The molecule has 4 aromatic rings. The second-order valence-corrected chi connectivity index (χ2v) is 8.01. The van der Waals surface area contributed by atoms with Gasteiger partial charge < -0.3 is 32.4 Å². The number of halogens is 1. The maximum absolute atomic E-state index is 11.9. The van der Waals surface area contributed by atoms with Gasteiger partial charge in [-0.25, -0.2) is 19.3 Å². The quantitative estimate of drug-likeness (QED) is 0.251. The highest BCUT2D eigenvalue weighted by atomic mass is 79.9. The summed E-state index contributed by atoms with van der Waals surface area (Å²) >= 11 is 3.46. The number of primary amides is 2. The normalized spacial score (nSPS) is 11.3. The van der Waals surface area contributed by atoms with Crippen LogP contribution < -0.4 is 27.7 Å². The first kappa shape index (κ1) is 22.4. The first-order chi connectivity index (χ1) is 15.7. The number of aromatic nitrogens is 4. The topological polar surface area (TPSA) is 192 Å². The van der Waals surface area contributed by atoms with E-state index in [4.69, 9.17) is 32.4 Å². The van der Waals surface area contributed by atoms with Gasteiger partial charge in [0.15, 0.2) is 0 Å². The number of fused-ring (bicyclic) bond motifs is 2. The Morgan fingerprint density at radius 1 is 0.909 bits per heavy atom. The minimum Gasteiger partial charge on any atom is -0.491 e. The lowest BCUT2D eigenvalue weighted by molar-refractivity contribution is 0.0991. The Kier molecular flexibility index (Phi) is 5.82. The number of anilines is 2. The number of carbonyl (C=O) groups excluding carboxylic acids is 2. The average Bonchev–Trinajstić information content (AvgIpc) is 3.25. The van der Waals surface area contributed by atoms with Gasteiger partial charge in [0, 0.05) is 35.7 Å². The predicted molar refractivity (Wildman–Crippen MR) is 126 cm³/mol. The van der Waals surface area contributed by atoms with E-state index in [0.29, 0.717) is 51.9 Å². The molecule has 2 aromatic heterocycles. The van der Waals surface area contributed by atoms with Crippen molar-refractivity contribution in [2.24, 2.45) is 11.5 Å². The molecule has 0 saturated carbocycles. The number of nitrogens with two attached hydrogens (primary N) is 4. The number of benzene rings is 2. The molecular formula is C20H21BrN8O4. The summed E-state index contributed by atoms with van der Waals surface area (Å²) in [5.74, 6) is -0.786. The number of hydrogen-bond donors (Lipinski definition) is 4. The van der Waals surface area contributed by atoms with E-state index in [9.17, 15) is 9.59 Å². The molecule has 33 heavy (non-hydrogen) atoms. The van der Waals surface area contributed by atoms with Crippen LogP contribution in [0.5, 0.6) is 5.75 Å². The van der Waals surface area contributed by atoms with Gasteiger partial charge in [-0.15, -0.1) is 0 Å². The van der Waals surface area contributed by atoms with E-state index < -0.39 is 11.8 Å². The number of hydrogen-bond acceptors (Lipinski definition) is 8. The zero-order chi connectivity index (χ0) is 23.9. The van der Waals surface area contributed by atoms with E-state index in [2.05, 4.69) is 25.9 Å². The van der Waals surface area contributed by atoms with Gasteiger partial charge in [0.2, 0.25) is 23.7 Å². The fraction of sp³-hybridized carbons (Fsp3) is 0.200. The first-order valence-electron chi connectivity index (χ1n) is 9.74. The van der Waals surface area contributed by atoms with Crippen LogP contribution in [0.25, 0.3) is 22.1 Å². The smallest absolute Gasteiger partial charge is 0.248 e. The fourth-order valence-electron chi connectivity index (χ4n) is 3.53. The van der Waals surface area contributed by atoms with Gasteiger partial charge in [-0.05, 0) is 40.2 Å². The average molecular weight is 517 g/mol. The maximum Gasteiger partial charge on any atom is 0.248 e. The summed E-state index contributed by atoms with van der Waals surface area (Å²) in [5, 5.41) is 0. The molecular weight excluding hydrogens is 496 g/mol. The van der Waals surface area contributed by atoms with E-state index in [1.54, 1.807) is 13.2 Å². The molecule has 0 aliphatic carbocycles. The van der Waals surface area contributed by atoms with Gasteiger partial charge in [0.1, 0.15) is 16.8 Å². The molecule has 0 aliphatic heterocycles. The molecule has 0 fully saturated rings. The van der Waals surface area contributed by atoms with Crippen molar-refractivity contribution in [1.82, 2.24) is 19.3 Å². The summed E-state index contributed by atoms with van der Waals surface area (Å²) < 4.78 is 14.6. The first-order valence-corrected chi connectivity index (χ1v) is 10.5. The number of nitrogens with zero attached hydrogens (tertiary/aromatic N) is 4. The lowest BCUT2D eigenvalue weighted by atomic mass is 10.1. The van der Waals surface area contributed by atoms with Crippen LogP contribution in [0.3, 0.4) is 0 Å². The van der Waals surface area contributed by atoms with Crippen LogP contribution in [0.4, 0.5) is 11.9 Å². The predicted octanol–water partition coefficient (Wildman–Crippen LogP) is 1.24. The number of carbonyl (C=O) groups is 2. The van der Waals surface area contributed by atoms with E-state index in [-0.39, 0.29) is 23.0 Å². The fourth-order valence-corrected chi connectivity index (χ4v) is 4.14. The Hall–Kier alpha value is -3.84. The van der Waals surface area contributed by atoms with Gasteiger partial charge in [-0.3, -0.25) is 9.59 Å². The SMILES string of the molecule is COCCCOc1cc(C(N)=O)cc2nc(N)n(-n3c(N)nc4cc(C(N)=O)cc(Br)c43)c12. The highest BCUT2D eigenvalue weighted by Gasteiger charge is 2.23. The van der Waals surface area contributed by atoms with Crippen LogP contribution >= 0.6 is 15.9 Å². The van der Waals surface area contributed by atoms with Crippen LogP contribution in [0, 0.1) is 0 Å². The zero-order valence-corrected chi connectivity index (χ0v) is 19.1. The van der Waals surface area contributed by atoms with Crippen molar-refractivity contribution in [3.63, 3.8) is 0 Å². The summed E-state index contributed by atoms with van der Waals surface area (Å²) in [5.41, 5.74) is 25.6. The molecule has 0 spiro atoms. The summed E-state index contributed by atoms with van der Waals surface area (Å²) in [4.78, 5) is 32.2. The monoisotopic (exact) mass is 516 g/mol. The Balaban J connectivity index is 1.99. The summed E-state index contributed by atoms with van der Waals surface area (Å²) in [6.45, 7) is 0.802. The molecule has 12 nitrogen and oxygen atoms in total. The largest absolute Gasteiger partial charge is 0.491 e. The molecule has 0 bridgehead atoms. The molecule has 4 rings (SSSR count). The van der Waals surface area contributed by atoms with Crippen molar-refractivity contribution in [3.05, 3.63) is 39.9 Å². The van der Waals surface area contributed by atoms with Gasteiger partial charge in [0.25, 0.3) is 0 Å². The molecule has 2 aromatic carbocycles. The molecule has 0 unspecified atom stereocenters. The molecule has 8 N–H and O–H groups in total. The van der Waals surface area contributed by atoms with Crippen molar-refractivity contribution >= 4 is 61.7 Å². The molecule has 0 radical (unpaired) electrons. The third-order valence-corrected chi connectivity index (χ3v) is 5.55. The summed E-state index contributed by atoms with van der Waals surface area (Å²) in [7, 11) is 1.59. The van der Waals surface area contributed by atoms with Crippen molar-refractivity contribution in [2.45, 2.75) is 6.42 Å². The second kappa shape index (κ2) is 8.60. The van der Waals surface area contributed by atoms with Crippen molar-refractivity contribution in [2.75, 3.05) is 31.8 Å². The van der Waals surface area contributed by atoms with Crippen LogP contribution in [0.1, 0.15) is 27.1 Å². The number of rotatable bonds is 8.